The van der Waals surface area contributed by atoms with Crippen LogP contribution >= 0.6 is 0 Å². The standard InChI is InChI=1S/C26H19N3O5/c1-26-16(31)10-15(30)25(34-26)28-13-8-4-2-6-11(13)17-19-20(24(33)27-23(19)32)18-12-7-3-5-9-14(12)29(26)22(18)21(17)28/h2-9,15-16,25,30-31H,10H2,1H3,(H,27,32,33)/t15-,16-,25-,26+/m1/s1. The van der Waals surface area contributed by atoms with Crippen LogP contribution in [0.2, 0.25) is 0 Å². The molecule has 1 fully saturated rings. The van der Waals surface area contributed by atoms with E-state index in [9.17, 15) is 19.8 Å². The van der Waals surface area contributed by atoms with Gasteiger partial charge in [0.25, 0.3) is 11.8 Å². The Morgan fingerprint density at radius 3 is 2.21 bits per heavy atom. The summed E-state index contributed by atoms with van der Waals surface area (Å²) in [5.74, 6) is -0.859. The molecule has 3 N–H and O–H groups in total. The van der Waals surface area contributed by atoms with Crippen molar-refractivity contribution in [1.29, 1.82) is 0 Å². The van der Waals surface area contributed by atoms with Crippen molar-refractivity contribution in [2.75, 3.05) is 0 Å². The minimum absolute atomic E-state index is 0.121. The first-order chi connectivity index (χ1) is 16.4. The molecule has 3 aliphatic heterocycles. The monoisotopic (exact) mass is 453 g/mol. The lowest BCUT2D eigenvalue weighted by atomic mass is 9.96. The van der Waals surface area contributed by atoms with Crippen molar-refractivity contribution in [2.45, 2.75) is 37.5 Å². The fraction of sp³-hybridized carbons (Fsp3) is 0.231. The Labute approximate surface area is 191 Å². The summed E-state index contributed by atoms with van der Waals surface area (Å²) >= 11 is 0. The molecule has 3 aliphatic rings. The van der Waals surface area contributed by atoms with Gasteiger partial charge in [-0.05, 0) is 19.1 Å². The van der Waals surface area contributed by atoms with Gasteiger partial charge >= 0.3 is 0 Å². The van der Waals surface area contributed by atoms with Gasteiger partial charge in [-0.15, -0.1) is 0 Å². The summed E-state index contributed by atoms with van der Waals surface area (Å²) in [4.78, 5) is 26.4. The molecule has 3 aromatic carbocycles. The zero-order valence-corrected chi connectivity index (χ0v) is 18.1. The molecular weight excluding hydrogens is 434 g/mol. The molecule has 4 atom stereocenters. The number of rotatable bonds is 0. The average molecular weight is 453 g/mol. The van der Waals surface area contributed by atoms with Gasteiger partial charge < -0.3 is 24.1 Å². The van der Waals surface area contributed by atoms with E-state index in [2.05, 4.69) is 5.32 Å². The Morgan fingerprint density at radius 2 is 1.50 bits per heavy atom. The molecule has 8 nitrogen and oxygen atoms in total. The highest BCUT2D eigenvalue weighted by Crippen LogP contribution is 2.53. The fourth-order valence-electron chi connectivity index (χ4n) is 6.52. The normalized spacial score (nSPS) is 27.8. The number of imide groups is 1. The number of amides is 2. The van der Waals surface area contributed by atoms with Gasteiger partial charge in [-0.1, -0.05) is 36.4 Å². The molecule has 2 bridgehead atoms. The van der Waals surface area contributed by atoms with E-state index in [1.807, 2.05) is 64.6 Å². The molecule has 168 valence electrons. The van der Waals surface area contributed by atoms with Crippen LogP contribution < -0.4 is 5.32 Å². The zero-order chi connectivity index (χ0) is 23.1. The van der Waals surface area contributed by atoms with Crippen molar-refractivity contribution in [3.63, 3.8) is 0 Å². The van der Waals surface area contributed by atoms with E-state index in [0.717, 1.165) is 27.3 Å². The van der Waals surface area contributed by atoms with Crippen molar-refractivity contribution in [3.8, 4) is 0 Å². The number of hydrogen-bond acceptors (Lipinski definition) is 5. The molecule has 0 spiro atoms. The van der Waals surface area contributed by atoms with Crippen LogP contribution in [0.1, 0.15) is 40.3 Å². The van der Waals surface area contributed by atoms with Crippen LogP contribution in [0.25, 0.3) is 43.6 Å². The van der Waals surface area contributed by atoms with Crippen LogP contribution in [0.15, 0.2) is 48.5 Å². The summed E-state index contributed by atoms with van der Waals surface area (Å²) in [6.07, 6.45) is -2.61. The van der Waals surface area contributed by atoms with Gasteiger partial charge in [-0.2, -0.15) is 0 Å². The van der Waals surface area contributed by atoms with E-state index >= 15 is 0 Å². The van der Waals surface area contributed by atoms with Crippen molar-refractivity contribution < 1.29 is 24.5 Å². The Kier molecular flexibility index (Phi) is 3.11. The van der Waals surface area contributed by atoms with Gasteiger partial charge in [0.05, 0.1) is 33.2 Å². The summed E-state index contributed by atoms with van der Waals surface area (Å²) in [6, 6.07) is 15.3. The SMILES string of the molecule is C[C@]12O[C@H]([C@H](O)C[C@H]1O)n1c3ccccc3c3c4c(c5c6ccccc6n2c5c31)C(=O)NC4=O. The molecule has 1 saturated heterocycles. The van der Waals surface area contributed by atoms with Gasteiger partial charge in [-0.25, -0.2) is 0 Å². The second kappa shape index (κ2) is 5.67. The number of hydrogen-bond donors (Lipinski definition) is 3. The lowest BCUT2D eigenvalue weighted by molar-refractivity contribution is -0.273. The van der Waals surface area contributed by atoms with Crippen molar-refractivity contribution >= 4 is 55.4 Å². The van der Waals surface area contributed by atoms with Crippen molar-refractivity contribution in [3.05, 3.63) is 59.7 Å². The number of carbonyl (C=O) groups is 2. The van der Waals surface area contributed by atoms with Crippen molar-refractivity contribution in [1.82, 2.24) is 14.5 Å². The average Bonchev–Trinajstić information content (AvgIpc) is 3.41. The van der Waals surface area contributed by atoms with Gasteiger partial charge in [0.15, 0.2) is 12.0 Å². The molecular formula is C26H19N3O5. The molecule has 0 saturated carbocycles. The van der Waals surface area contributed by atoms with Crippen LogP contribution in [-0.2, 0) is 10.5 Å². The smallest absolute Gasteiger partial charge is 0.259 e. The highest BCUT2D eigenvalue weighted by Gasteiger charge is 2.52. The Balaban J connectivity index is 1.80. The molecule has 5 heterocycles. The van der Waals surface area contributed by atoms with Gasteiger partial charge in [0.2, 0.25) is 0 Å². The largest absolute Gasteiger partial charge is 0.388 e. The van der Waals surface area contributed by atoms with E-state index in [-0.39, 0.29) is 6.42 Å². The minimum atomic E-state index is -1.20. The number of nitrogens with zero attached hydrogens (tertiary/aromatic N) is 2. The quantitative estimate of drug-likeness (QED) is 0.313. The number of nitrogens with one attached hydrogen (secondary N) is 1. The van der Waals surface area contributed by atoms with Crippen molar-refractivity contribution in [2.24, 2.45) is 0 Å². The minimum Gasteiger partial charge on any atom is -0.388 e. The van der Waals surface area contributed by atoms with Crippen LogP contribution in [0, 0.1) is 0 Å². The van der Waals surface area contributed by atoms with Crippen LogP contribution in [0.4, 0.5) is 0 Å². The molecule has 2 aromatic heterocycles. The maximum atomic E-state index is 13.2. The topological polar surface area (TPSA) is 106 Å². The van der Waals surface area contributed by atoms with Gasteiger partial charge in [0.1, 0.15) is 12.2 Å². The molecule has 0 radical (unpaired) electrons. The predicted molar refractivity (Wildman–Crippen MR) is 125 cm³/mol. The lowest BCUT2D eigenvalue weighted by Crippen LogP contribution is -2.53. The number of carbonyl (C=O) groups excluding carboxylic acids is 2. The molecule has 0 aliphatic carbocycles. The summed E-state index contributed by atoms with van der Waals surface area (Å²) in [6.45, 7) is 1.82. The third-order valence-corrected chi connectivity index (χ3v) is 7.91. The summed E-state index contributed by atoms with van der Waals surface area (Å²) in [5.41, 5.74) is 2.51. The molecule has 34 heavy (non-hydrogen) atoms. The summed E-state index contributed by atoms with van der Waals surface area (Å²) in [5, 5.41) is 27.7. The fourth-order valence-corrected chi connectivity index (χ4v) is 6.52. The Bertz CT molecular complexity index is 1800. The van der Waals surface area contributed by atoms with Crippen LogP contribution in [0.5, 0.6) is 0 Å². The third-order valence-electron chi connectivity index (χ3n) is 7.91. The first-order valence-electron chi connectivity index (χ1n) is 11.3. The lowest BCUT2D eigenvalue weighted by Gasteiger charge is -2.45. The van der Waals surface area contributed by atoms with E-state index in [1.54, 1.807) is 0 Å². The number of aliphatic hydroxyl groups excluding tert-OH is 2. The van der Waals surface area contributed by atoms with E-state index in [0.29, 0.717) is 27.4 Å². The second-order valence-electron chi connectivity index (χ2n) is 9.60. The number of fused-ring (bicyclic) bond motifs is 13. The maximum absolute atomic E-state index is 13.2. The molecule has 0 unspecified atom stereocenters. The number of para-hydroxylation sites is 2. The van der Waals surface area contributed by atoms with Crippen LogP contribution in [-0.4, -0.2) is 43.4 Å². The Morgan fingerprint density at radius 1 is 0.912 bits per heavy atom. The summed E-state index contributed by atoms with van der Waals surface area (Å²) < 4.78 is 10.5. The van der Waals surface area contributed by atoms with Crippen LogP contribution in [0.3, 0.4) is 0 Å². The number of benzene rings is 3. The molecule has 8 heteroatoms. The van der Waals surface area contributed by atoms with Gasteiger partial charge in [0, 0.05) is 28.0 Å². The number of aliphatic hydroxyl groups is 2. The molecule has 8 rings (SSSR count). The van der Waals surface area contributed by atoms with E-state index in [4.69, 9.17) is 4.74 Å². The first-order valence-corrected chi connectivity index (χ1v) is 11.3. The Hall–Kier alpha value is -3.72. The second-order valence-corrected chi connectivity index (χ2v) is 9.60. The predicted octanol–water partition coefficient (Wildman–Crippen LogP) is 3.11. The third kappa shape index (κ3) is 1.83. The maximum Gasteiger partial charge on any atom is 0.259 e. The zero-order valence-electron chi connectivity index (χ0n) is 18.1. The van der Waals surface area contributed by atoms with E-state index in [1.165, 1.54) is 0 Å². The van der Waals surface area contributed by atoms with E-state index < -0.39 is 36.0 Å². The highest BCUT2D eigenvalue weighted by molar-refractivity contribution is 6.39. The first kappa shape index (κ1) is 18.7. The number of ether oxygens (including phenoxy) is 1. The molecule has 5 aromatic rings. The summed E-state index contributed by atoms with van der Waals surface area (Å²) in [7, 11) is 0. The number of aromatic nitrogens is 2. The highest BCUT2D eigenvalue weighted by atomic mass is 16.6. The van der Waals surface area contributed by atoms with Gasteiger partial charge in [-0.3, -0.25) is 14.9 Å². The molecule has 2 amide bonds.